The van der Waals surface area contributed by atoms with Crippen molar-refractivity contribution in [3.63, 3.8) is 0 Å². The molecule has 0 saturated heterocycles. The lowest BCUT2D eigenvalue weighted by atomic mass is 9.83. The van der Waals surface area contributed by atoms with Crippen molar-refractivity contribution in [1.82, 2.24) is 4.98 Å². The molecule has 0 amide bonds. The summed E-state index contributed by atoms with van der Waals surface area (Å²) in [5.41, 5.74) is 2.23. The van der Waals surface area contributed by atoms with Crippen LogP contribution in [0.2, 0.25) is 0 Å². The summed E-state index contributed by atoms with van der Waals surface area (Å²) in [6.45, 7) is 7.68. The summed E-state index contributed by atoms with van der Waals surface area (Å²) in [5, 5.41) is 21.4. The third kappa shape index (κ3) is 2.94. The number of aromatic nitrogens is 1. The molecule has 1 aromatic carbocycles. The Morgan fingerprint density at radius 2 is 1.74 bits per heavy atom. The van der Waals surface area contributed by atoms with Crippen LogP contribution >= 0.6 is 0 Å². The average molecular weight is 259 g/mol. The second-order valence-corrected chi connectivity index (χ2v) is 6.16. The first-order valence-electron chi connectivity index (χ1n) is 6.52. The quantitative estimate of drug-likeness (QED) is 0.871. The van der Waals surface area contributed by atoms with Crippen molar-refractivity contribution in [1.29, 1.82) is 0 Å². The molecule has 0 fully saturated rings. The van der Waals surface area contributed by atoms with Crippen LogP contribution in [0.1, 0.15) is 38.1 Å². The molecule has 1 aromatic heterocycles. The molecule has 0 aliphatic heterocycles. The van der Waals surface area contributed by atoms with E-state index in [4.69, 9.17) is 0 Å². The van der Waals surface area contributed by atoms with Crippen molar-refractivity contribution in [3.05, 3.63) is 41.6 Å². The van der Waals surface area contributed by atoms with Gasteiger partial charge in [0.2, 0.25) is 0 Å². The van der Waals surface area contributed by atoms with Crippen LogP contribution < -0.4 is 0 Å². The minimum Gasteiger partial charge on any atom is -0.390 e. The number of rotatable bonds is 2. The number of fused-ring (bicyclic) bond motifs is 1. The molecule has 0 aliphatic rings. The number of aryl methyl sites for hydroxylation is 1. The van der Waals surface area contributed by atoms with Crippen LogP contribution in [-0.2, 0) is 0 Å². The van der Waals surface area contributed by atoms with E-state index in [-0.39, 0.29) is 5.41 Å². The van der Waals surface area contributed by atoms with Gasteiger partial charge in [-0.1, -0.05) is 32.9 Å². The fourth-order valence-corrected chi connectivity index (χ4v) is 2.09. The Morgan fingerprint density at radius 3 is 2.37 bits per heavy atom. The zero-order valence-electron chi connectivity index (χ0n) is 11.9. The van der Waals surface area contributed by atoms with Crippen LogP contribution in [0.3, 0.4) is 0 Å². The maximum atomic E-state index is 10.3. The molecule has 1 heterocycles. The number of nitrogens with zero attached hydrogens (tertiary/aromatic N) is 1. The third-order valence-corrected chi connectivity index (χ3v) is 3.38. The Hall–Kier alpha value is -1.45. The Kier molecular flexibility index (Phi) is 3.61. The van der Waals surface area contributed by atoms with E-state index in [1.807, 2.05) is 58.0 Å². The van der Waals surface area contributed by atoms with Gasteiger partial charge in [0, 0.05) is 11.1 Å². The standard InChI is InChI=1S/C16H21NO2/c1-10-5-6-11-9-12(7-8-13(11)17-10)14(18)15(19)16(2,3)4/h5-9,14-15,18-19H,1-4H3. The van der Waals surface area contributed by atoms with Crippen molar-refractivity contribution in [2.24, 2.45) is 5.41 Å². The van der Waals surface area contributed by atoms with E-state index in [0.717, 1.165) is 22.2 Å². The van der Waals surface area contributed by atoms with Crippen LogP contribution in [-0.4, -0.2) is 21.3 Å². The summed E-state index contributed by atoms with van der Waals surface area (Å²) < 4.78 is 0. The monoisotopic (exact) mass is 259 g/mol. The predicted molar refractivity (Wildman–Crippen MR) is 76.9 cm³/mol. The molecule has 3 heteroatoms. The van der Waals surface area contributed by atoms with Crippen LogP contribution in [0, 0.1) is 12.3 Å². The van der Waals surface area contributed by atoms with E-state index in [9.17, 15) is 10.2 Å². The van der Waals surface area contributed by atoms with Gasteiger partial charge in [-0.3, -0.25) is 4.98 Å². The molecule has 2 aromatic rings. The van der Waals surface area contributed by atoms with Crippen molar-refractivity contribution < 1.29 is 10.2 Å². The largest absolute Gasteiger partial charge is 0.390 e. The van der Waals surface area contributed by atoms with Gasteiger partial charge in [-0.15, -0.1) is 0 Å². The Balaban J connectivity index is 2.38. The van der Waals surface area contributed by atoms with Gasteiger partial charge < -0.3 is 10.2 Å². The highest BCUT2D eigenvalue weighted by Gasteiger charge is 2.30. The fraction of sp³-hybridized carbons (Fsp3) is 0.438. The van der Waals surface area contributed by atoms with Gasteiger partial charge in [-0.25, -0.2) is 0 Å². The number of pyridine rings is 1. The molecule has 0 saturated carbocycles. The van der Waals surface area contributed by atoms with Gasteiger partial charge in [-0.2, -0.15) is 0 Å². The lowest BCUT2D eigenvalue weighted by Gasteiger charge is -2.30. The van der Waals surface area contributed by atoms with Gasteiger partial charge in [0.15, 0.2) is 0 Å². The second kappa shape index (κ2) is 4.91. The lowest BCUT2D eigenvalue weighted by molar-refractivity contribution is -0.0457. The Labute approximate surface area is 113 Å². The first kappa shape index (κ1) is 14.0. The van der Waals surface area contributed by atoms with Crippen LogP contribution in [0.15, 0.2) is 30.3 Å². The van der Waals surface area contributed by atoms with E-state index in [1.165, 1.54) is 0 Å². The zero-order chi connectivity index (χ0) is 14.2. The third-order valence-electron chi connectivity index (χ3n) is 3.38. The lowest BCUT2D eigenvalue weighted by Crippen LogP contribution is -2.32. The first-order chi connectivity index (χ1) is 8.79. The summed E-state index contributed by atoms with van der Waals surface area (Å²) in [5.74, 6) is 0. The van der Waals surface area contributed by atoms with Crippen LogP contribution in [0.25, 0.3) is 10.9 Å². The Morgan fingerprint density at radius 1 is 1.05 bits per heavy atom. The molecule has 2 N–H and O–H groups in total. The topological polar surface area (TPSA) is 53.4 Å². The zero-order valence-corrected chi connectivity index (χ0v) is 11.9. The molecule has 0 spiro atoms. The molecule has 2 rings (SSSR count). The van der Waals surface area contributed by atoms with Crippen molar-refractivity contribution in [2.75, 3.05) is 0 Å². The van der Waals surface area contributed by atoms with Crippen LogP contribution in [0.5, 0.6) is 0 Å². The van der Waals surface area contributed by atoms with Crippen molar-refractivity contribution >= 4 is 10.9 Å². The first-order valence-corrected chi connectivity index (χ1v) is 6.52. The maximum Gasteiger partial charge on any atom is 0.105 e. The van der Waals surface area contributed by atoms with Crippen molar-refractivity contribution in [3.8, 4) is 0 Å². The van der Waals surface area contributed by atoms with Gasteiger partial charge in [0.1, 0.15) is 6.10 Å². The van der Waals surface area contributed by atoms with Gasteiger partial charge in [-0.05, 0) is 36.1 Å². The maximum absolute atomic E-state index is 10.3. The minimum absolute atomic E-state index is 0.361. The van der Waals surface area contributed by atoms with Crippen LogP contribution in [0.4, 0.5) is 0 Å². The van der Waals surface area contributed by atoms with E-state index < -0.39 is 12.2 Å². The summed E-state index contributed by atoms with van der Waals surface area (Å²) in [4.78, 5) is 4.43. The predicted octanol–water partition coefficient (Wildman–Crippen LogP) is 2.98. The van der Waals surface area contributed by atoms with E-state index in [2.05, 4.69) is 4.98 Å². The number of benzene rings is 1. The molecule has 19 heavy (non-hydrogen) atoms. The number of aliphatic hydroxyl groups excluding tert-OH is 2. The molecule has 0 radical (unpaired) electrons. The van der Waals surface area contributed by atoms with E-state index >= 15 is 0 Å². The average Bonchev–Trinajstić information content (AvgIpc) is 2.35. The molecular formula is C16H21NO2. The summed E-state index contributed by atoms with van der Waals surface area (Å²) in [7, 11) is 0. The molecule has 3 nitrogen and oxygen atoms in total. The number of aliphatic hydroxyl groups is 2. The molecule has 2 atom stereocenters. The molecular weight excluding hydrogens is 238 g/mol. The van der Waals surface area contributed by atoms with Crippen molar-refractivity contribution in [2.45, 2.75) is 39.9 Å². The minimum atomic E-state index is -0.884. The smallest absolute Gasteiger partial charge is 0.105 e. The molecule has 0 aliphatic carbocycles. The second-order valence-electron chi connectivity index (χ2n) is 6.16. The van der Waals surface area contributed by atoms with Gasteiger partial charge >= 0.3 is 0 Å². The summed E-state index contributed by atoms with van der Waals surface area (Å²) in [6.07, 6.45) is -1.69. The van der Waals surface area contributed by atoms with Gasteiger partial charge in [0.25, 0.3) is 0 Å². The highest BCUT2D eigenvalue weighted by molar-refractivity contribution is 5.79. The highest BCUT2D eigenvalue weighted by Crippen LogP contribution is 2.31. The SMILES string of the molecule is Cc1ccc2cc(C(O)C(O)C(C)(C)C)ccc2n1. The Bertz CT molecular complexity index is 587. The molecule has 102 valence electrons. The number of hydrogen-bond acceptors (Lipinski definition) is 3. The molecule has 0 bridgehead atoms. The van der Waals surface area contributed by atoms with E-state index in [1.54, 1.807) is 0 Å². The van der Waals surface area contributed by atoms with Gasteiger partial charge in [0.05, 0.1) is 11.6 Å². The summed E-state index contributed by atoms with van der Waals surface area (Å²) >= 11 is 0. The number of hydrogen-bond donors (Lipinski definition) is 2. The fourth-order valence-electron chi connectivity index (χ4n) is 2.09. The molecule has 2 unspecified atom stereocenters. The van der Waals surface area contributed by atoms with E-state index in [0.29, 0.717) is 0 Å². The highest BCUT2D eigenvalue weighted by atomic mass is 16.3. The normalized spacial score (nSPS) is 15.5. The summed E-state index contributed by atoms with van der Waals surface area (Å²) in [6, 6.07) is 9.53.